The first-order valence-electron chi connectivity index (χ1n) is 6.36. The Morgan fingerprint density at radius 1 is 1.50 bits per heavy atom. The lowest BCUT2D eigenvalue weighted by atomic mass is 10.4. The van der Waals surface area contributed by atoms with Crippen LogP contribution >= 0.6 is 39.5 Å². The first kappa shape index (κ1) is 15.8. The van der Waals surface area contributed by atoms with Gasteiger partial charge in [-0.3, -0.25) is 10.3 Å². The van der Waals surface area contributed by atoms with Crippen molar-refractivity contribution >= 4 is 50.8 Å². The normalized spacial score (nSPS) is 16.4. The van der Waals surface area contributed by atoms with E-state index in [1.807, 2.05) is 12.1 Å². The Hall–Kier alpha value is -0.540. The van der Waals surface area contributed by atoms with Crippen LogP contribution in [0.15, 0.2) is 21.0 Å². The molecule has 2 rings (SSSR count). The monoisotopic (exact) mass is 376 g/mol. The maximum Gasteiger partial charge on any atom is 0.187 e. The van der Waals surface area contributed by atoms with Crippen molar-refractivity contribution in [3.8, 4) is 0 Å². The fourth-order valence-corrected chi connectivity index (χ4v) is 3.19. The summed E-state index contributed by atoms with van der Waals surface area (Å²) in [6, 6.07) is 3.99. The number of hydrazone groups is 1. The van der Waals surface area contributed by atoms with Gasteiger partial charge >= 0.3 is 0 Å². The second-order valence-corrected chi connectivity index (χ2v) is 7.12. The molecule has 0 radical (unpaired) electrons. The molecule has 1 aromatic heterocycles. The summed E-state index contributed by atoms with van der Waals surface area (Å²) in [6.07, 6.45) is 1.76. The number of thiophene rings is 1. The van der Waals surface area contributed by atoms with E-state index < -0.39 is 0 Å². The molecule has 5 nitrogen and oxygen atoms in total. The fourth-order valence-electron chi connectivity index (χ4n) is 1.74. The molecule has 0 bridgehead atoms. The molecule has 1 fully saturated rings. The highest BCUT2D eigenvalue weighted by Gasteiger charge is 2.09. The summed E-state index contributed by atoms with van der Waals surface area (Å²) in [6.45, 7) is 5.41. The Morgan fingerprint density at radius 2 is 2.30 bits per heavy atom. The van der Waals surface area contributed by atoms with E-state index in [9.17, 15) is 0 Å². The maximum atomic E-state index is 5.30. The predicted octanol–water partition coefficient (Wildman–Crippen LogP) is 1.64. The van der Waals surface area contributed by atoms with Crippen LogP contribution in [0.2, 0.25) is 0 Å². The number of nitrogens with one attached hydrogen (secondary N) is 2. The number of nitrogens with zero attached hydrogens (tertiary/aromatic N) is 2. The molecule has 0 unspecified atom stereocenters. The topological polar surface area (TPSA) is 48.9 Å². The molecule has 20 heavy (non-hydrogen) atoms. The van der Waals surface area contributed by atoms with Gasteiger partial charge in [0.15, 0.2) is 5.11 Å². The van der Waals surface area contributed by atoms with Crippen LogP contribution < -0.4 is 10.7 Å². The molecule has 1 aliphatic rings. The summed E-state index contributed by atoms with van der Waals surface area (Å²) in [5.41, 5.74) is 2.82. The van der Waals surface area contributed by atoms with Gasteiger partial charge in [0.1, 0.15) is 0 Å². The molecule has 2 N–H and O–H groups in total. The second-order valence-electron chi connectivity index (χ2n) is 4.22. The molecule has 8 heteroatoms. The van der Waals surface area contributed by atoms with Crippen LogP contribution in [0.25, 0.3) is 0 Å². The van der Waals surface area contributed by atoms with Gasteiger partial charge < -0.3 is 10.1 Å². The maximum absolute atomic E-state index is 5.30. The van der Waals surface area contributed by atoms with E-state index in [0.29, 0.717) is 5.11 Å². The zero-order chi connectivity index (χ0) is 14.2. The van der Waals surface area contributed by atoms with Crippen molar-refractivity contribution in [1.82, 2.24) is 15.6 Å². The zero-order valence-corrected chi connectivity index (χ0v) is 14.2. The number of ether oxygens (including phenoxy) is 1. The Bertz CT molecular complexity index is 460. The Kier molecular flexibility index (Phi) is 6.88. The van der Waals surface area contributed by atoms with E-state index >= 15 is 0 Å². The summed E-state index contributed by atoms with van der Waals surface area (Å²) < 4.78 is 6.39. The second kappa shape index (κ2) is 8.68. The highest BCUT2D eigenvalue weighted by Crippen LogP contribution is 2.20. The Morgan fingerprint density at radius 3 is 3.00 bits per heavy atom. The SMILES string of the molecule is S=C(NCCN1CCOCC1)N/N=C\c1ccc(Br)s1. The molecule has 0 saturated carbocycles. The lowest BCUT2D eigenvalue weighted by Crippen LogP contribution is -2.42. The minimum Gasteiger partial charge on any atom is -0.379 e. The van der Waals surface area contributed by atoms with Crippen molar-refractivity contribution in [2.45, 2.75) is 0 Å². The Labute approximate surface area is 136 Å². The highest BCUT2D eigenvalue weighted by atomic mass is 79.9. The van der Waals surface area contributed by atoms with Crippen molar-refractivity contribution in [2.24, 2.45) is 5.10 Å². The van der Waals surface area contributed by atoms with Crippen LogP contribution in [0.5, 0.6) is 0 Å². The summed E-state index contributed by atoms with van der Waals surface area (Å²) in [5, 5.41) is 7.78. The number of halogens is 1. The fraction of sp³-hybridized carbons (Fsp3) is 0.500. The third kappa shape index (κ3) is 5.84. The molecule has 0 atom stereocenters. The molecule has 110 valence electrons. The molecule has 0 aromatic carbocycles. The van der Waals surface area contributed by atoms with Crippen molar-refractivity contribution < 1.29 is 4.74 Å². The van der Waals surface area contributed by atoms with Crippen molar-refractivity contribution in [3.05, 3.63) is 20.8 Å². The minimum atomic E-state index is 0.546. The van der Waals surface area contributed by atoms with Gasteiger partial charge in [0.25, 0.3) is 0 Å². The van der Waals surface area contributed by atoms with E-state index in [1.165, 1.54) is 0 Å². The lowest BCUT2D eigenvalue weighted by Gasteiger charge is -2.26. The first-order chi connectivity index (χ1) is 9.74. The summed E-state index contributed by atoms with van der Waals surface area (Å²) >= 11 is 10.2. The van der Waals surface area contributed by atoms with Crippen LogP contribution in [-0.2, 0) is 4.74 Å². The first-order valence-corrected chi connectivity index (χ1v) is 8.38. The van der Waals surface area contributed by atoms with Gasteiger partial charge in [-0.15, -0.1) is 11.3 Å². The largest absolute Gasteiger partial charge is 0.379 e. The number of morpholine rings is 1. The van der Waals surface area contributed by atoms with Crippen molar-refractivity contribution in [2.75, 3.05) is 39.4 Å². The van der Waals surface area contributed by atoms with Crippen molar-refractivity contribution in [1.29, 1.82) is 0 Å². The third-order valence-corrected chi connectivity index (χ3v) is 4.56. The molecular weight excluding hydrogens is 360 g/mol. The molecule has 1 aliphatic heterocycles. The zero-order valence-electron chi connectivity index (χ0n) is 11.0. The van der Waals surface area contributed by atoms with E-state index in [1.54, 1.807) is 17.6 Å². The van der Waals surface area contributed by atoms with Gasteiger partial charge in [-0.2, -0.15) is 5.10 Å². The Balaban J connectivity index is 1.59. The number of hydrogen-bond acceptors (Lipinski definition) is 5. The molecule has 1 aromatic rings. The minimum absolute atomic E-state index is 0.546. The predicted molar refractivity (Wildman–Crippen MR) is 90.6 cm³/mol. The van der Waals surface area contributed by atoms with Crippen LogP contribution in [-0.4, -0.2) is 55.6 Å². The molecular formula is C12H17BrN4OS2. The van der Waals surface area contributed by atoms with Crippen LogP contribution in [0.3, 0.4) is 0 Å². The molecule has 0 aliphatic carbocycles. The molecule has 2 heterocycles. The average molecular weight is 377 g/mol. The van der Waals surface area contributed by atoms with Gasteiger partial charge in [0.2, 0.25) is 0 Å². The van der Waals surface area contributed by atoms with Gasteiger partial charge in [0, 0.05) is 31.1 Å². The summed E-state index contributed by atoms with van der Waals surface area (Å²) in [7, 11) is 0. The number of thiocarbonyl (C=S) groups is 1. The van der Waals surface area contributed by atoms with Gasteiger partial charge in [-0.05, 0) is 40.3 Å². The van der Waals surface area contributed by atoms with Crippen molar-refractivity contribution in [3.63, 3.8) is 0 Å². The van der Waals surface area contributed by atoms with Gasteiger partial charge in [-0.1, -0.05) is 0 Å². The standard InChI is InChI=1S/C12H17BrN4OS2/c13-11-2-1-10(20-11)9-15-16-12(19)14-3-4-17-5-7-18-8-6-17/h1-2,9H,3-8H2,(H2,14,16,19)/b15-9-. The van der Waals surface area contributed by atoms with Gasteiger partial charge in [0.05, 0.1) is 23.2 Å². The summed E-state index contributed by atoms with van der Waals surface area (Å²) in [5.74, 6) is 0. The highest BCUT2D eigenvalue weighted by molar-refractivity contribution is 9.11. The number of hydrogen-bond donors (Lipinski definition) is 2. The summed E-state index contributed by atoms with van der Waals surface area (Å²) in [4.78, 5) is 3.42. The van der Waals surface area contributed by atoms with Gasteiger partial charge in [-0.25, -0.2) is 0 Å². The third-order valence-electron chi connectivity index (χ3n) is 2.77. The molecule has 0 spiro atoms. The van der Waals surface area contributed by atoms with E-state index in [2.05, 4.69) is 36.7 Å². The van der Waals surface area contributed by atoms with Crippen LogP contribution in [0.4, 0.5) is 0 Å². The van der Waals surface area contributed by atoms with E-state index in [0.717, 1.165) is 48.1 Å². The van der Waals surface area contributed by atoms with E-state index in [-0.39, 0.29) is 0 Å². The van der Waals surface area contributed by atoms with E-state index in [4.69, 9.17) is 17.0 Å². The molecule has 1 saturated heterocycles. The van der Waals surface area contributed by atoms with Crippen LogP contribution in [0.1, 0.15) is 4.88 Å². The lowest BCUT2D eigenvalue weighted by molar-refractivity contribution is 0.0389. The quantitative estimate of drug-likeness (QED) is 0.464. The van der Waals surface area contributed by atoms with Crippen LogP contribution in [0, 0.1) is 0 Å². The smallest absolute Gasteiger partial charge is 0.187 e. The molecule has 0 amide bonds. The number of rotatable bonds is 5. The average Bonchev–Trinajstić information content (AvgIpc) is 2.86.